The fourth-order valence-electron chi connectivity index (χ4n) is 5.37. The summed E-state index contributed by atoms with van der Waals surface area (Å²) in [4.78, 5) is 27.7. The molecule has 0 saturated carbocycles. The molecule has 0 unspecified atom stereocenters. The normalized spacial score (nSPS) is 23.0. The van der Waals surface area contributed by atoms with Crippen LogP contribution in [-0.2, 0) is 0 Å². The van der Waals surface area contributed by atoms with Crippen molar-refractivity contribution in [2.45, 2.75) is 57.0 Å². The molecule has 1 amide bonds. The average molecular weight is 438 g/mol. The second-order valence-corrected chi connectivity index (χ2v) is 8.49. The van der Waals surface area contributed by atoms with Gasteiger partial charge in [-0.3, -0.25) is 4.79 Å². The molecule has 1 aromatic carbocycles. The number of aromatic nitrogens is 5. The fraction of sp³-hybridized carbons (Fsp3) is 0.409. The first-order valence-corrected chi connectivity index (χ1v) is 10.7. The van der Waals surface area contributed by atoms with Crippen molar-refractivity contribution >= 4 is 22.8 Å². The van der Waals surface area contributed by atoms with Crippen molar-refractivity contribution in [2.75, 3.05) is 0 Å². The maximum absolute atomic E-state index is 13.6. The summed E-state index contributed by atoms with van der Waals surface area (Å²) in [7, 11) is 0. The zero-order valence-electron chi connectivity index (χ0n) is 17.3. The zero-order valence-corrected chi connectivity index (χ0v) is 17.3. The Bertz CT molecular complexity index is 1350. The van der Waals surface area contributed by atoms with Crippen LogP contribution in [0.15, 0.2) is 35.0 Å². The maximum Gasteiger partial charge on any atom is 0.280 e. The lowest BCUT2D eigenvalue weighted by molar-refractivity contribution is 0.0554. The van der Waals surface area contributed by atoms with Gasteiger partial charge in [-0.05, 0) is 49.9 Å². The van der Waals surface area contributed by atoms with E-state index in [1.54, 1.807) is 25.1 Å². The van der Waals surface area contributed by atoms with Gasteiger partial charge in [0.15, 0.2) is 11.5 Å². The lowest BCUT2D eigenvalue weighted by Gasteiger charge is -2.40. The third-order valence-corrected chi connectivity index (χ3v) is 6.70. The van der Waals surface area contributed by atoms with Crippen molar-refractivity contribution < 1.29 is 18.0 Å². The topological polar surface area (TPSA) is 89.4 Å². The minimum absolute atomic E-state index is 0.0730. The van der Waals surface area contributed by atoms with Crippen LogP contribution in [-0.4, -0.2) is 47.5 Å². The maximum atomic E-state index is 13.6. The first-order chi connectivity index (χ1) is 15.5. The number of carbonyl (C=O) groups excluding carboxylic acids is 1. The van der Waals surface area contributed by atoms with E-state index >= 15 is 0 Å². The van der Waals surface area contributed by atoms with Crippen molar-refractivity contribution in [3.05, 3.63) is 53.4 Å². The summed E-state index contributed by atoms with van der Waals surface area (Å²) in [5.41, 5.74) is 2.15. The molecule has 0 N–H and O–H groups in total. The van der Waals surface area contributed by atoms with E-state index in [0.29, 0.717) is 28.2 Å². The van der Waals surface area contributed by atoms with E-state index < -0.39 is 6.43 Å². The third-order valence-electron chi connectivity index (χ3n) is 6.70. The Labute approximate surface area is 181 Å². The van der Waals surface area contributed by atoms with E-state index in [-0.39, 0.29) is 35.4 Å². The van der Waals surface area contributed by atoms with E-state index in [9.17, 15) is 13.6 Å². The van der Waals surface area contributed by atoms with Crippen LogP contribution in [0.25, 0.3) is 16.9 Å². The van der Waals surface area contributed by atoms with Gasteiger partial charge in [0.2, 0.25) is 0 Å². The van der Waals surface area contributed by atoms with Gasteiger partial charge in [0.25, 0.3) is 18.1 Å². The van der Waals surface area contributed by atoms with Crippen molar-refractivity contribution in [1.29, 1.82) is 0 Å². The number of oxazole rings is 1. The summed E-state index contributed by atoms with van der Waals surface area (Å²) in [5, 5.41) is 4.22. The molecule has 2 fully saturated rings. The molecule has 2 aliphatic heterocycles. The lowest BCUT2D eigenvalue weighted by atomic mass is 9.86. The monoisotopic (exact) mass is 438 g/mol. The van der Waals surface area contributed by atoms with E-state index in [1.807, 2.05) is 4.90 Å². The number of nitrogens with zero attached hydrogens (tertiary/aromatic N) is 6. The lowest BCUT2D eigenvalue weighted by Crippen LogP contribution is -2.47. The van der Waals surface area contributed by atoms with Gasteiger partial charge in [-0.15, -0.1) is 0 Å². The van der Waals surface area contributed by atoms with Gasteiger partial charge >= 0.3 is 0 Å². The molecule has 32 heavy (non-hydrogen) atoms. The molecule has 0 aliphatic carbocycles. The number of benzene rings is 1. The Kier molecular flexibility index (Phi) is 4.24. The van der Waals surface area contributed by atoms with Crippen LogP contribution in [0.2, 0.25) is 0 Å². The van der Waals surface area contributed by atoms with Gasteiger partial charge in [-0.25, -0.2) is 23.3 Å². The number of aryl methyl sites for hydroxylation is 1. The van der Waals surface area contributed by atoms with Crippen LogP contribution in [0, 0.1) is 6.92 Å². The number of alkyl halides is 2. The number of piperidine rings is 1. The van der Waals surface area contributed by atoms with Gasteiger partial charge in [0.1, 0.15) is 17.5 Å². The minimum Gasteiger partial charge on any atom is -0.441 e. The Morgan fingerprint density at radius 3 is 2.84 bits per heavy atom. The number of carbonyl (C=O) groups is 1. The molecular formula is C22H20F2N6O2. The predicted molar refractivity (Wildman–Crippen MR) is 109 cm³/mol. The van der Waals surface area contributed by atoms with E-state index in [0.717, 1.165) is 25.7 Å². The van der Waals surface area contributed by atoms with Crippen molar-refractivity contribution in [3.8, 4) is 0 Å². The second kappa shape index (κ2) is 7.04. The largest absolute Gasteiger partial charge is 0.441 e. The highest BCUT2D eigenvalue weighted by atomic mass is 19.3. The second-order valence-electron chi connectivity index (χ2n) is 8.49. The number of halogens is 2. The molecule has 6 rings (SSSR count). The summed E-state index contributed by atoms with van der Waals surface area (Å²) in [6.07, 6.45) is 1.92. The van der Waals surface area contributed by atoms with E-state index in [1.165, 1.54) is 16.9 Å². The van der Waals surface area contributed by atoms with Gasteiger partial charge in [0.05, 0.1) is 5.69 Å². The highest BCUT2D eigenvalue weighted by Gasteiger charge is 2.46. The quantitative estimate of drug-likeness (QED) is 0.479. The molecule has 3 atom stereocenters. The van der Waals surface area contributed by atoms with Gasteiger partial charge in [0, 0.05) is 30.5 Å². The first-order valence-electron chi connectivity index (χ1n) is 10.7. The molecule has 0 radical (unpaired) electrons. The van der Waals surface area contributed by atoms with Gasteiger partial charge in [-0.2, -0.15) is 10.1 Å². The Morgan fingerprint density at radius 2 is 2.00 bits per heavy atom. The van der Waals surface area contributed by atoms with Crippen LogP contribution in [0.5, 0.6) is 0 Å². The van der Waals surface area contributed by atoms with Gasteiger partial charge in [-0.1, -0.05) is 0 Å². The van der Waals surface area contributed by atoms with Crippen molar-refractivity contribution in [1.82, 2.24) is 29.5 Å². The van der Waals surface area contributed by atoms with Crippen LogP contribution >= 0.6 is 0 Å². The summed E-state index contributed by atoms with van der Waals surface area (Å²) in [6, 6.07) is 6.75. The predicted octanol–water partition coefficient (Wildman–Crippen LogP) is 4.06. The summed E-state index contributed by atoms with van der Waals surface area (Å²) in [5.74, 6) is 0.504. The minimum atomic E-state index is -2.70. The summed E-state index contributed by atoms with van der Waals surface area (Å²) >= 11 is 0. The molecule has 5 heterocycles. The molecule has 3 aromatic heterocycles. The highest BCUT2D eigenvalue weighted by molar-refractivity contribution is 5.97. The number of amides is 1. The SMILES string of the molecule is Cc1nc2ccc(C(=O)N3[C@H]4CC[C@H](c5cc(C(F)F)nc6ncnn56)[C@@H]3CC4)cc2o1. The molecule has 0 spiro atoms. The summed E-state index contributed by atoms with van der Waals surface area (Å²) < 4.78 is 34.1. The van der Waals surface area contributed by atoms with E-state index in [4.69, 9.17) is 4.42 Å². The summed E-state index contributed by atoms with van der Waals surface area (Å²) in [6.45, 7) is 1.77. The number of hydrogen-bond donors (Lipinski definition) is 0. The van der Waals surface area contributed by atoms with Crippen molar-refractivity contribution in [3.63, 3.8) is 0 Å². The highest BCUT2D eigenvalue weighted by Crippen LogP contribution is 2.45. The van der Waals surface area contributed by atoms with Crippen LogP contribution < -0.4 is 0 Å². The number of fused-ring (bicyclic) bond motifs is 4. The molecular weight excluding hydrogens is 418 g/mol. The van der Waals surface area contributed by atoms with Crippen molar-refractivity contribution in [2.24, 2.45) is 0 Å². The fourth-order valence-corrected chi connectivity index (χ4v) is 5.37. The van der Waals surface area contributed by atoms with Crippen LogP contribution in [0.1, 0.15) is 65.7 Å². The molecule has 4 aromatic rings. The third kappa shape index (κ3) is 2.89. The first kappa shape index (κ1) is 19.3. The molecule has 8 nitrogen and oxygen atoms in total. The molecule has 2 saturated heterocycles. The Balaban J connectivity index is 1.39. The average Bonchev–Trinajstić information content (AvgIpc) is 3.47. The Hall–Kier alpha value is -3.43. The van der Waals surface area contributed by atoms with E-state index in [2.05, 4.69) is 20.1 Å². The molecule has 10 heteroatoms. The Morgan fingerprint density at radius 1 is 1.16 bits per heavy atom. The standard InChI is InChI=1S/C22H20F2N6O2/c1-11-27-15-6-2-12(8-19(15)32-11)21(31)29-13-3-5-14(17(29)7-4-13)18-9-16(20(23)24)28-22-25-10-26-30(18)22/h2,6,8-10,13-14,17,20H,3-5,7H2,1H3/t13-,14-,17-/m0/s1. The molecule has 2 aliphatic rings. The van der Waals surface area contributed by atoms with Crippen LogP contribution in [0.3, 0.4) is 0 Å². The number of rotatable bonds is 3. The molecule has 2 bridgehead atoms. The zero-order chi connectivity index (χ0) is 22.0. The van der Waals surface area contributed by atoms with Gasteiger partial charge < -0.3 is 9.32 Å². The number of hydrogen-bond acceptors (Lipinski definition) is 6. The van der Waals surface area contributed by atoms with Crippen LogP contribution in [0.4, 0.5) is 8.78 Å². The smallest absolute Gasteiger partial charge is 0.280 e. The molecule has 164 valence electrons.